The molecule has 6 heteroatoms. The fraction of sp³-hybridized carbons (Fsp3) is 0.500. The van der Waals surface area contributed by atoms with E-state index in [9.17, 15) is 8.42 Å². The third-order valence-corrected chi connectivity index (χ3v) is 3.38. The third-order valence-electron chi connectivity index (χ3n) is 2.51. The maximum Gasteiger partial charge on any atom is 0.294 e. The Balaban J connectivity index is 0.000000199. The summed E-state index contributed by atoms with van der Waals surface area (Å²) in [5, 5.41) is 8.83. The topological polar surface area (TPSA) is 83.8 Å². The molecule has 5 nitrogen and oxygen atoms in total. The van der Waals surface area contributed by atoms with E-state index in [4.69, 9.17) is 14.4 Å². The van der Waals surface area contributed by atoms with Crippen LogP contribution in [0.1, 0.15) is 18.4 Å². The van der Waals surface area contributed by atoms with Gasteiger partial charge in [0, 0.05) is 13.2 Å². The second-order valence-electron chi connectivity index (χ2n) is 4.13. The van der Waals surface area contributed by atoms with Crippen LogP contribution < -0.4 is 0 Å². The predicted molar refractivity (Wildman–Crippen MR) is 67.1 cm³/mol. The molecule has 2 N–H and O–H groups in total. The lowest BCUT2D eigenvalue weighted by Gasteiger charge is -2.15. The molecular formula is C12H18O5S. The quantitative estimate of drug-likeness (QED) is 0.756. The van der Waals surface area contributed by atoms with E-state index in [2.05, 4.69) is 0 Å². The minimum atomic E-state index is -4.02. The molecule has 0 aliphatic carbocycles. The maximum atomic E-state index is 10.5. The monoisotopic (exact) mass is 274 g/mol. The van der Waals surface area contributed by atoms with Gasteiger partial charge in [-0.15, -0.1) is 0 Å². The van der Waals surface area contributed by atoms with Gasteiger partial charge in [0.25, 0.3) is 10.1 Å². The van der Waals surface area contributed by atoms with Crippen molar-refractivity contribution in [3.8, 4) is 0 Å². The second-order valence-corrected chi connectivity index (χ2v) is 5.55. The number of ether oxygens (including phenoxy) is 1. The molecule has 0 aromatic heterocycles. The highest BCUT2D eigenvalue weighted by molar-refractivity contribution is 7.85. The van der Waals surface area contributed by atoms with E-state index in [0.29, 0.717) is 0 Å². The van der Waals surface area contributed by atoms with Crippen molar-refractivity contribution in [3.05, 3.63) is 29.8 Å². The Morgan fingerprint density at radius 1 is 1.17 bits per heavy atom. The summed E-state index contributed by atoms with van der Waals surface area (Å²) in [6.45, 7) is 3.32. The first-order chi connectivity index (χ1) is 8.39. The van der Waals surface area contributed by atoms with Gasteiger partial charge in [0.15, 0.2) is 0 Å². The summed E-state index contributed by atoms with van der Waals surface area (Å²) in [4.78, 5) is -0.0666. The molecule has 102 valence electrons. The van der Waals surface area contributed by atoms with Crippen LogP contribution >= 0.6 is 0 Å². The standard InChI is InChI=1S/C7H8O3S.C5H10O2/c1-6-2-4-7(5-3-6)11(8,9)10;6-5-1-3-7-4-2-5/h2-5H,1H3,(H,8,9,10);5-6H,1-4H2. The molecule has 18 heavy (non-hydrogen) atoms. The number of aryl methyl sites for hydroxylation is 1. The molecule has 0 saturated carbocycles. The van der Waals surface area contributed by atoms with Crippen molar-refractivity contribution in [2.24, 2.45) is 0 Å². The van der Waals surface area contributed by atoms with E-state index < -0.39 is 10.1 Å². The molecule has 1 saturated heterocycles. The lowest BCUT2D eigenvalue weighted by molar-refractivity contribution is 0.0140. The van der Waals surface area contributed by atoms with Gasteiger partial charge in [0.2, 0.25) is 0 Å². The Hall–Kier alpha value is -0.950. The average molecular weight is 274 g/mol. The Kier molecular flexibility index (Phi) is 5.74. The van der Waals surface area contributed by atoms with Gasteiger partial charge < -0.3 is 9.84 Å². The second kappa shape index (κ2) is 6.84. The number of aliphatic hydroxyl groups excluding tert-OH is 1. The minimum Gasteiger partial charge on any atom is -0.393 e. The summed E-state index contributed by atoms with van der Waals surface area (Å²) in [7, 11) is -4.02. The lowest BCUT2D eigenvalue weighted by Crippen LogP contribution is -2.19. The zero-order valence-corrected chi connectivity index (χ0v) is 11.1. The van der Waals surface area contributed by atoms with Crippen LogP contribution in [0.2, 0.25) is 0 Å². The first-order valence-corrected chi connectivity index (χ1v) is 7.13. The number of rotatable bonds is 1. The first-order valence-electron chi connectivity index (χ1n) is 5.69. The van der Waals surface area contributed by atoms with Gasteiger partial charge in [-0.05, 0) is 31.9 Å². The molecule has 1 heterocycles. The van der Waals surface area contributed by atoms with E-state index in [-0.39, 0.29) is 11.0 Å². The first kappa shape index (κ1) is 15.1. The molecule has 1 fully saturated rings. The number of hydrogen-bond acceptors (Lipinski definition) is 4. The van der Waals surface area contributed by atoms with E-state index >= 15 is 0 Å². The molecule has 1 aliphatic rings. The molecule has 0 unspecified atom stereocenters. The summed E-state index contributed by atoms with van der Waals surface area (Å²) < 4.78 is 34.5. The van der Waals surface area contributed by atoms with Crippen molar-refractivity contribution in [1.82, 2.24) is 0 Å². The maximum absolute atomic E-state index is 10.5. The van der Waals surface area contributed by atoms with Crippen molar-refractivity contribution < 1.29 is 22.8 Å². The summed E-state index contributed by atoms with van der Waals surface area (Å²) in [5.41, 5.74) is 0.956. The highest BCUT2D eigenvalue weighted by atomic mass is 32.2. The largest absolute Gasteiger partial charge is 0.393 e. The summed E-state index contributed by atoms with van der Waals surface area (Å²) in [5.74, 6) is 0. The van der Waals surface area contributed by atoms with Crippen molar-refractivity contribution in [2.75, 3.05) is 13.2 Å². The van der Waals surface area contributed by atoms with Gasteiger partial charge in [-0.1, -0.05) is 17.7 Å². The van der Waals surface area contributed by atoms with Gasteiger partial charge in [-0.25, -0.2) is 0 Å². The van der Waals surface area contributed by atoms with E-state index in [1.54, 1.807) is 12.1 Å². The molecule has 0 amide bonds. The van der Waals surface area contributed by atoms with Crippen LogP contribution in [0.3, 0.4) is 0 Å². The molecule has 0 radical (unpaired) electrons. The zero-order chi connectivity index (χ0) is 13.6. The van der Waals surface area contributed by atoms with Gasteiger partial charge in [0.05, 0.1) is 11.0 Å². The van der Waals surface area contributed by atoms with E-state index in [1.165, 1.54) is 12.1 Å². The molecule has 0 spiro atoms. The highest BCUT2D eigenvalue weighted by Crippen LogP contribution is 2.08. The van der Waals surface area contributed by atoms with Crippen molar-refractivity contribution in [1.29, 1.82) is 0 Å². The van der Waals surface area contributed by atoms with Gasteiger partial charge in [0.1, 0.15) is 0 Å². The Bertz CT molecular complexity index is 446. The molecule has 1 aromatic carbocycles. The minimum absolute atomic E-state index is 0.0666. The summed E-state index contributed by atoms with van der Waals surface area (Å²) >= 11 is 0. The lowest BCUT2D eigenvalue weighted by atomic mass is 10.2. The molecule has 1 aromatic rings. The van der Waals surface area contributed by atoms with Gasteiger partial charge >= 0.3 is 0 Å². The summed E-state index contributed by atoms with van der Waals surface area (Å²) in [6.07, 6.45) is 1.55. The SMILES string of the molecule is Cc1ccc(S(=O)(=O)O)cc1.OC1CCOCC1. The molecule has 2 rings (SSSR count). The number of benzene rings is 1. The van der Waals surface area contributed by atoms with Crippen LogP contribution in [0.25, 0.3) is 0 Å². The normalized spacial score (nSPS) is 16.8. The Morgan fingerprint density at radius 3 is 2.00 bits per heavy atom. The van der Waals surface area contributed by atoms with Crippen molar-refractivity contribution >= 4 is 10.1 Å². The fourth-order valence-electron chi connectivity index (χ4n) is 1.40. The Labute approximate surface area is 107 Å². The highest BCUT2D eigenvalue weighted by Gasteiger charge is 2.08. The molecular weight excluding hydrogens is 256 g/mol. The van der Waals surface area contributed by atoms with Crippen molar-refractivity contribution in [2.45, 2.75) is 30.8 Å². The third kappa shape index (κ3) is 5.59. The van der Waals surface area contributed by atoms with E-state index in [1.807, 2.05) is 6.92 Å². The van der Waals surface area contributed by atoms with Crippen LogP contribution in [0.5, 0.6) is 0 Å². The molecule has 0 atom stereocenters. The average Bonchev–Trinajstić information content (AvgIpc) is 2.30. The van der Waals surface area contributed by atoms with Gasteiger partial charge in [-0.2, -0.15) is 8.42 Å². The smallest absolute Gasteiger partial charge is 0.294 e. The van der Waals surface area contributed by atoms with Crippen LogP contribution in [0, 0.1) is 6.92 Å². The summed E-state index contributed by atoms with van der Waals surface area (Å²) in [6, 6.07) is 5.99. The predicted octanol–water partition coefficient (Wildman–Crippen LogP) is 1.40. The molecule has 1 aliphatic heterocycles. The van der Waals surface area contributed by atoms with Crippen LogP contribution in [0.15, 0.2) is 29.2 Å². The number of aliphatic hydroxyl groups is 1. The fourth-order valence-corrected chi connectivity index (χ4v) is 1.88. The Morgan fingerprint density at radius 2 is 1.67 bits per heavy atom. The van der Waals surface area contributed by atoms with Crippen LogP contribution in [-0.4, -0.2) is 37.4 Å². The number of hydrogen-bond donors (Lipinski definition) is 2. The van der Waals surface area contributed by atoms with Gasteiger partial charge in [-0.3, -0.25) is 4.55 Å². The molecule has 0 bridgehead atoms. The van der Waals surface area contributed by atoms with Crippen molar-refractivity contribution in [3.63, 3.8) is 0 Å². The zero-order valence-electron chi connectivity index (χ0n) is 10.2. The van der Waals surface area contributed by atoms with Crippen LogP contribution in [0.4, 0.5) is 0 Å². The van der Waals surface area contributed by atoms with E-state index in [0.717, 1.165) is 31.6 Å². The van der Waals surface area contributed by atoms with Crippen LogP contribution in [-0.2, 0) is 14.9 Å².